The van der Waals surface area contributed by atoms with Gasteiger partial charge in [0.2, 0.25) is 6.23 Å². The minimum Gasteiger partial charge on any atom is -0.394 e. The Morgan fingerprint density at radius 1 is 1.08 bits per heavy atom. The van der Waals surface area contributed by atoms with Crippen molar-refractivity contribution in [2.75, 3.05) is 11.9 Å². The number of nitrogens with one attached hydrogen (secondary N) is 1. The van der Waals surface area contributed by atoms with Crippen LogP contribution in [0.2, 0.25) is 0 Å². The number of hydrogen-bond acceptors (Lipinski definition) is 8. The number of amides is 1. The van der Waals surface area contributed by atoms with Crippen LogP contribution in [0.4, 0.5) is 14.6 Å². The molecule has 0 spiro atoms. The van der Waals surface area contributed by atoms with Crippen molar-refractivity contribution in [2.24, 2.45) is 0 Å². The predicted molar refractivity (Wildman–Crippen MR) is 136 cm³/mol. The van der Waals surface area contributed by atoms with Crippen LogP contribution in [0.1, 0.15) is 93.5 Å². The van der Waals surface area contributed by atoms with Gasteiger partial charge in [-0.2, -0.15) is 13.8 Å². The minimum atomic E-state index is -3.83. The highest BCUT2D eigenvalue weighted by molar-refractivity contribution is 6.03. The molecule has 3 atom stereocenters. The van der Waals surface area contributed by atoms with E-state index in [1.165, 1.54) is 57.3 Å². The molecule has 1 amide bonds. The van der Waals surface area contributed by atoms with Crippen LogP contribution in [0.25, 0.3) is 0 Å². The fourth-order valence-electron chi connectivity index (χ4n) is 4.47. The summed E-state index contributed by atoms with van der Waals surface area (Å²) in [5, 5.41) is 21.3. The molecule has 2 aromatic rings. The van der Waals surface area contributed by atoms with Gasteiger partial charge in [0.25, 0.3) is 5.91 Å². The quantitative estimate of drug-likeness (QED) is 0.293. The van der Waals surface area contributed by atoms with Crippen molar-refractivity contribution < 1.29 is 28.5 Å². The van der Waals surface area contributed by atoms with E-state index in [1.54, 1.807) is 0 Å². The molecule has 1 aliphatic rings. The Kier molecular flexibility index (Phi) is 11.2. The Labute approximate surface area is 220 Å². The molecule has 3 N–H and O–H groups in total. The zero-order valence-corrected chi connectivity index (χ0v) is 21.7. The number of halogens is 2. The molecular weight excluding hydrogens is 500 g/mol. The smallest absolute Gasteiger partial charge is 0.351 e. The molecule has 210 valence electrons. The molecule has 0 radical (unpaired) electrons. The van der Waals surface area contributed by atoms with E-state index in [2.05, 4.69) is 27.2 Å². The Morgan fingerprint density at radius 3 is 2.32 bits per heavy atom. The molecule has 0 aromatic carbocycles. The second-order valence-electron chi connectivity index (χ2n) is 9.57. The summed E-state index contributed by atoms with van der Waals surface area (Å²) in [5.74, 6) is -4.61. The van der Waals surface area contributed by atoms with Crippen LogP contribution in [0.3, 0.4) is 0 Å². The van der Waals surface area contributed by atoms with Gasteiger partial charge in [-0.3, -0.25) is 14.3 Å². The van der Waals surface area contributed by atoms with Gasteiger partial charge in [0.15, 0.2) is 6.10 Å². The number of rotatable bonds is 15. The lowest BCUT2D eigenvalue weighted by molar-refractivity contribution is -0.140. The Morgan fingerprint density at radius 2 is 1.71 bits per heavy atom. The molecule has 0 saturated carbocycles. The monoisotopic (exact) mass is 537 g/mol. The Bertz CT molecular complexity index is 1100. The number of nitrogens with zero attached hydrogens (tertiary/aromatic N) is 4. The van der Waals surface area contributed by atoms with Crippen molar-refractivity contribution in [3.63, 3.8) is 0 Å². The van der Waals surface area contributed by atoms with Crippen LogP contribution in [-0.2, 0) is 11.2 Å². The summed E-state index contributed by atoms with van der Waals surface area (Å²) in [7, 11) is 0. The lowest BCUT2D eigenvalue weighted by Crippen LogP contribution is -2.41. The number of carbonyl (C=O) groups is 1. The third kappa shape index (κ3) is 7.61. The summed E-state index contributed by atoms with van der Waals surface area (Å²) in [6.45, 7) is 1.37. The zero-order valence-electron chi connectivity index (χ0n) is 21.7. The molecule has 1 aliphatic heterocycles. The van der Waals surface area contributed by atoms with Gasteiger partial charge in [0, 0.05) is 18.6 Å². The van der Waals surface area contributed by atoms with Crippen LogP contribution < -0.4 is 11.0 Å². The zero-order chi connectivity index (χ0) is 27.5. The Balaban J connectivity index is 1.53. The summed E-state index contributed by atoms with van der Waals surface area (Å²) < 4.78 is 34.2. The first-order valence-corrected chi connectivity index (χ1v) is 13.3. The van der Waals surface area contributed by atoms with E-state index >= 15 is 0 Å². The number of carbonyl (C=O) groups excluding carboxylic acids is 1. The minimum absolute atomic E-state index is 0.106. The summed E-state index contributed by atoms with van der Waals surface area (Å²) >= 11 is 0. The lowest BCUT2D eigenvalue weighted by atomic mass is 10.0. The molecule has 0 aliphatic carbocycles. The third-order valence-electron chi connectivity index (χ3n) is 6.64. The maximum absolute atomic E-state index is 14.4. The van der Waals surface area contributed by atoms with Gasteiger partial charge in [-0.15, -0.1) is 0 Å². The van der Waals surface area contributed by atoms with Crippen LogP contribution in [0.5, 0.6) is 0 Å². The number of ether oxygens (including phenoxy) is 1. The Hall–Kier alpha value is -2.83. The van der Waals surface area contributed by atoms with Crippen LogP contribution in [0.15, 0.2) is 29.5 Å². The second kappa shape index (κ2) is 14.4. The molecule has 12 heteroatoms. The molecular formula is C26H37F2N5O5. The van der Waals surface area contributed by atoms with Crippen molar-refractivity contribution in [3.8, 4) is 0 Å². The van der Waals surface area contributed by atoms with E-state index in [0.717, 1.165) is 31.5 Å². The molecule has 10 nitrogen and oxygen atoms in total. The highest BCUT2D eigenvalue weighted by Crippen LogP contribution is 2.42. The van der Waals surface area contributed by atoms with Crippen LogP contribution >= 0.6 is 0 Å². The van der Waals surface area contributed by atoms with E-state index in [1.807, 2.05) is 0 Å². The topological polar surface area (TPSA) is 139 Å². The van der Waals surface area contributed by atoms with Crippen molar-refractivity contribution >= 4 is 11.7 Å². The molecule has 1 saturated heterocycles. The van der Waals surface area contributed by atoms with E-state index < -0.39 is 42.6 Å². The molecule has 0 unspecified atom stereocenters. The average Bonchev–Trinajstić information content (AvgIpc) is 3.13. The SMILES string of the molecule is CCCCCCCCCCCCc1nccnc1C(=O)Nc1ccn([C@@H]2O[C@H](CO)[C@@H](O)C2(F)F)c(=O)n1. The number of aryl methyl sites for hydroxylation is 1. The number of anilines is 1. The van der Waals surface area contributed by atoms with Gasteiger partial charge in [0.05, 0.1) is 12.3 Å². The fraction of sp³-hybridized carbons (Fsp3) is 0.654. The summed E-state index contributed by atoms with van der Waals surface area (Å²) in [5.41, 5.74) is -0.488. The standard InChI is InChI=1S/C26H37F2N5O5/c1-2-3-4-5-6-7-8-9-10-11-12-18-21(30-15-14-29-18)23(36)31-20-13-16-33(25(37)32-20)24-26(27,28)22(35)19(17-34)38-24/h13-16,19,22,24,34-35H,2-12,17H2,1H3,(H,31,32,36,37)/t19-,22-,24-/m1/s1. The number of aliphatic hydroxyl groups excluding tert-OH is 2. The summed E-state index contributed by atoms with van der Waals surface area (Å²) in [6, 6.07) is 1.16. The van der Waals surface area contributed by atoms with Crippen LogP contribution in [0, 0.1) is 0 Å². The van der Waals surface area contributed by atoms with Gasteiger partial charge in [-0.1, -0.05) is 64.7 Å². The fourth-order valence-corrected chi connectivity index (χ4v) is 4.47. The maximum atomic E-state index is 14.4. The lowest BCUT2D eigenvalue weighted by Gasteiger charge is -2.21. The first kappa shape index (κ1) is 29.7. The maximum Gasteiger partial charge on any atom is 0.351 e. The highest BCUT2D eigenvalue weighted by atomic mass is 19.3. The first-order valence-electron chi connectivity index (χ1n) is 13.3. The van der Waals surface area contributed by atoms with Gasteiger partial charge in [0.1, 0.15) is 17.6 Å². The normalized spacial score (nSPS) is 20.5. The van der Waals surface area contributed by atoms with Gasteiger partial charge in [-0.25, -0.2) is 9.78 Å². The summed E-state index contributed by atoms with van der Waals surface area (Å²) in [6.07, 6.45) is 10.3. The van der Waals surface area contributed by atoms with Gasteiger partial charge in [-0.05, 0) is 18.9 Å². The van der Waals surface area contributed by atoms with E-state index in [0.29, 0.717) is 16.7 Å². The molecule has 0 bridgehead atoms. The van der Waals surface area contributed by atoms with Crippen molar-refractivity contribution in [1.82, 2.24) is 19.5 Å². The van der Waals surface area contributed by atoms with Crippen molar-refractivity contribution in [3.05, 3.63) is 46.5 Å². The number of unbranched alkanes of at least 4 members (excludes halogenated alkanes) is 9. The van der Waals surface area contributed by atoms with Crippen LogP contribution in [-0.4, -0.2) is 60.4 Å². The van der Waals surface area contributed by atoms with Gasteiger partial charge >= 0.3 is 11.6 Å². The van der Waals surface area contributed by atoms with E-state index in [4.69, 9.17) is 9.84 Å². The molecule has 1 fully saturated rings. The second-order valence-corrected chi connectivity index (χ2v) is 9.57. The van der Waals surface area contributed by atoms with Gasteiger partial charge < -0.3 is 20.3 Å². The largest absolute Gasteiger partial charge is 0.394 e. The molecule has 3 rings (SSSR count). The summed E-state index contributed by atoms with van der Waals surface area (Å²) in [4.78, 5) is 37.3. The van der Waals surface area contributed by atoms with Crippen molar-refractivity contribution in [2.45, 2.75) is 102 Å². The highest BCUT2D eigenvalue weighted by Gasteiger charge is 2.59. The number of hydrogen-bond donors (Lipinski definition) is 3. The number of aromatic nitrogens is 4. The van der Waals surface area contributed by atoms with Crippen molar-refractivity contribution in [1.29, 1.82) is 0 Å². The van der Waals surface area contributed by atoms with E-state index in [-0.39, 0.29) is 11.5 Å². The number of aliphatic hydroxyl groups is 2. The average molecular weight is 538 g/mol. The third-order valence-corrected chi connectivity index (χ3v) is 6.64. The molecule has 3 heterocycles. The number of alkyl halides is 2. The molecule has 2 aromatic heterocycles. The molecule has 38 heavy (non-hydrogen) atoms. The predicted octanol–water partition coefficient (Wildman–Crippen LogP) is 3.63. The first-order chi connectivity index (χ1) is 18.3. The van der Waals surface area contributed by atoms with E-state index in [9.17, 15) is 23.5 Å².